The molecule has 0 bridgehead atoms. The van der Waals surface area contributed by atoms with Gasteiger partial charge in [0.15, 0.2) is 5.75 Å². The van der Waals surface area contributed by atoms with E-state index in [2.05, 4.69) is 5.10 Å². The molecule has 0 saturated heterocycles. The van der Waals surface area contributed by atoms with Gasteiger partial charge in [0.25, 0.3) is 0 Å². The molecule has 1 aromatic carbocycles. The Kier molecular flexibility index (Phi) is 4.52. The summed E-state index contributed by atoms with van der Waals surface area (Å²) in [5, 5.41) is 15.4. The van der Waals surface area contributed by atoms with Crippen LogP contribution in [-0.2, 0) is 6.54 Å². The monoisotopic (exact) mass is 296 g/mol. The molecule has 1 N–H and O–H groups in total. The molecule has 2 aromatic rings. The number of halogens is 1. The van der Waals surface area contributed by atoms with Gasteiger partial charge in [-0.15, -0.1) is 0 Å². The summed E-state index contributed by atoms with van der Waals surface area (Å²) in [5.41, 5.74) is 1.16. The first-order valence-electron chi connectivity index (χ1n) is 6.23. The molecular weight excluding hydrogens is 280 g/mol. The van der Waals surface area contributed by atoms with Gasteiger partial charge in [-0.2, -0.15) is 5.10 Å². The minimum atomic E-state index is -0.930. The molecule has 0 amide bonds. The second-order valence-corrected chi connectivity index (χ2v) is 4.64. The molecule has 6 heteroatoms. The first kappa shape index (κ1) is 14.7. The lowest BCUT2D eigenvalue weighted by molar-refractivity contribution is 0.198. The Morgan fingerprint density at radius 1 is 1.30 bits per heavy atom. The number of nitrogens with zero attached hydrogens (tertiary/aromatic N) is 2. The summed E-state index contributed by atoms with van der Waals surface area (Å²) in [5.74, 6) is 1.09. The second kappa shape index (κ2) is 6.15. The molecule has 2 rings (SSSR count). The molecule has 108 valence electrons. The smallest absolute Gasteiger partial charge is 0.163 e. The number of hydrogen-bond acceptors (Lipinski definition) is 4. The normalized spacial score (nSPS) is 12.2. The van der Waals surface area contributed by atoms with Crippen LogP contribution < -0.4 is 9.47 Å². The molecule has 1 unspecified atom stereocenters. The highest BCUT2D eigenvalue weighted by atomic mass is 35.5. The Morgan fingerprint density at radius 3 is 2.60 bits per heavy atom. The highest BCUT2D eigenvalue weighted by molar-refractivity contribution is 6.30. The molecule has 5 nitrogen and oxygen atoms in total. The zero-order chi connectivity index (χ0) is 14.7. The van der Waals surface area contributed by atoms with Crippen molar-refractivity contribution in [2.45, 2.75) is 19.6 Å². The second-order valence-electron chi connectivity index (χ2n) is 4.20. The van der Waals surface area contributed by atoms with Gasteiger partial charge in [-0.1, -0.05) is 11.6 Å². The van der Waals surface area contributed by atoms with Gasteiger partial charge < -0.3 is 14.6 Å². The number of aryl methyl sites for hydroxylation is 1. The molecule has 1 aromatic heterocycles. The SMILES string of the molecule is CCn1ncc(OC)c1C(O)c1cc(Cl)ccc1OC. The average molecular weight is 297 g/mol. The van der Waals surface area contributed by atoms with Crippen LogP contribution in [0.2, 0.25) is 5.02 Å². The molecule has 0 spiro atoms. The number of aromatic nitrogens is 2. The zero-order valence-corrected chi connectivity index (χ0v) is 12.4. The van der Waals surface area contributed by atoms with Crippen LogP contribution in [0, 0.1) is 0 Å². The largest absolute Gasteiger partial charge is 0.496 e. The number of benzene rings is 1. The molecule has 0 fully saturated rings. The van der Waals surface area contributed by atoms with Crippen molar-refractivity contribution in [3.05, 3.63) is 40.7 Å². The van der Waals surface area contributed by atoms with Crippen LogP contribution >= 0.6 is 11.6 Å². The van der Waals surface area contributed by atoms with Crippen molar-refractivity contribution in [1.29, 1.82) is 0 Å². The maximum atomic E-state index is 10.7. The first-order chi connectivity index (χ1) is 9.62. The molecule has 0 aliphatic carbocycles. The van der Waals surface area contributed by atoms with Crippen LogP contribution in [0.15, 0.2) is 24.4 Å². The van der Waals surface area contributed by atoms with Gasteiger partial charge in [0.1, 0.15) is 17.5 Å². The highest BCUT2D eigenvalue weighted by Crippen LogP contribution is 2.36. The van der Waals surface area contributed by atoms with E-state index in [0.717, 1.165) is 0 Å². The Balaban J connectivity index is 2.53. The van der Waals surface area contributed by atoms with Crippen molar-refractivity contribution in [3.8, 4) is 11.5 Å². The van der Waals surface area contributed by atoms with E-state index >= 15 is 0 Å². The maximum Gasteiger partial charge on any atom is 0.163 e. The Morgan fingerprint density at radius 2 is 2.00 bits per heavy atom. The number of methoxy groups -OCH3 is 2. The fourth-order valence-corrected chi connectivity index (χ4v) is 2.31. The number of rotatable bonds is 5. The predicted octanol–water partition coefficient (Wildman–Crippen LogP) is 2.66. The lowest BCUT2D eigenvalue weighted by Gasteiger charge is -2.17. The van der Waals surface area contributed by atoms with Gasteiger partial charge in [-0.25, -0.2) is 0 Å². The summed E-state index contributed by atoms with van der Waals surface area (Å²) in [6.45, 7) is 2.57. The summed E-state index contributed by atoms with van der Waals surface area (Å²) in [7, 11) is 3.09. The number of ether oxygens (including phenoxy) is 2. The van der Waals surface area contributed by atoms with Crippen molar-refractivity contribution in [1.82, 2.24) is 9.78 Å². The van der Waals surface area contributed by atoms with Crippen LogP contribution in [0.4, 0.5) is 0 Å². The summed E-state index contributed by atoms with van der Waals surface area (Å²) in [4.78, 5) is 0. The molecular formula is C14H17ClN2O3. The summed E-state index contributed by atoms with van der Waals surface area (Å²) < 4.78 is 12.2. The fourth-order valence-electron chi connectivity index (χ4n) is 2.13. The van der Waals surface area contributed by atoms with Crippen molar-refractivity contribution in [3.63, 3.8) is 0 Å². The molecule has 0 radical (unpaired) electrons. The predicted molar refractivity (Wildman–Crippen MR) is 76.5 cm³/mol. The quantitative estimate of drug-likeness (QED) is 0.921. The summed E-state index contributed by atoms with van der Waals surface area (Å²) in [6, 6.07) is 5.11. The van der Waals surface area contributed by atoms with Gasteiger partial charge >= 0.3 is 0 Å². The maximum absolute atomic E-state index is 10.7. The number of hydrogen-bond donors (Lipinski definition) is 1. The van der Waals surface area contributed by atoms with Crippen LogP contribution in [-0.4, -0.2) is 29.1 Å². The van der Waals surface area contributed by atoms with E-state index in [9.17, 15) is 5.11 Å². The van der Waals surface area contributed by atoms with E-state index in [4.69, 9.17) is 21.1 Å². The topological polar surface area (TPSA) is 56.5 Å². The van der Waals surface area contributed by atoms with Gasteiger partial charge in [0.05, 0.1) is 20.4 Å². The molecule has 1 atom stereocenters. The standard InChI is InChI=1S/C14H17ClN2O3/c1-4-17-13(12(20-3)8-16-17)14(18)10-7-9(15)5-6-11(10)19-2/h5-8,14,18H,4H2,1-3H3. The van der Waals surface area contributed by atoms with E-state index in [1.54, 1.807) is 43.3 Å². The molecule has 0 saturated carbocycles. The first-order valence-corrected chi connectivity index (χ1v) is 6.61. The van der Waals surface area contributed by atoms with Crippen LogP contribution in [0.25, 0.3) is 0 Å². The zero-order valence-electron chi connectivity index (χ0n) is 11.6. The van der Waals surface area contributed by atoms with Gasteiger partial charge in [0.2, 0.25) is 0 Å². The minimum absolute atomic E-state index is 0.529. The highest BCUT2D eigenvalue weighted by Gasteiger charge is 2.24. The third kappa shape index (κ3) is 2.59. The summed E-state index contributed by atoms with van der Waals surface area (Å²) >= 11 is 6.01. The fraction of sp³-hybridized carbons (Fsp3) is 0.357. The third-order valence-corrected chi connectivity index (χ3v) is 3.34. The Hall–Kier alpha value is -1.72. The van der Waals surface area contributed by atoms with Gasteiger partial charge in [-0.3, -0.25) is 4.68 Å². The molecule has 20 heavy (non-hydrogen) atoms. The van der Waals surface area contributed by atoms with E-state index in [1.807, 2.05) is 6.92 Å². The van der Waals surface area contributed by atoms with Crippen molar-refractivity contribution < 1.29 is 14.6 Å². The van der Waals surface area contributed by atoms with Crippen LogP contribution in [0.3, 0.4) is 0 Å². The number of aliphatic hydroxyl groups excluding tert-OH is 1. The van der Waals surface area contributed by atoms with Crippen LogP contribution in [0.1, 0.15) is 24.3 Å². The Labute approximate surface area is 122 Å². The lowest BCUT2D eigenvalue weighted by atomic mass is 10.0. The van der Waals surface area contributed by atoms with Crippen molar-refractivity contribution in [2.75, 3.05) is 14.2 Å². The summed E-state index contributed by atoms with van der Waals surface area (Å²) in [6.07, 6.45) is 0.653. The molecule has 0 aliphatic rings. The van der Waals surface area contributed by atoms with Crippen molar-refractivity contribution >= 4 is 11.6 Å². The van der Waals surface area contributed by atoms with E-state index in [-0.39, 0.29) is 0 Å². The number of aliphatic hydroxyl groups is 1. The third-order valence-electron chi connectivity index (χ3n) is 3.11. The van der Waals surface area contributed by atoms with Crippen LogP contribution in [0.5, 0.6) is 11.5 Å². The van der Waals surface area contributed by atoms with E-state index in [1.165, 1.54) is 0 Å². The average Bonchev–Trinajstić information content (AvgIpc) is 2.89. The Bertz CT molecular complexity index is 577. The van der Waals surface area contributed by atoms with Gasteiger partial charge in [0, 0.05) is 17.1 Å². The molecule has 1 heterocycles. The lowest BCUT2D eigenvalue weighted by Crippen LogP contribution is -2.11. The van der Waals surface area contributed by atoms with Gasteiger partial charge in [-0.05, 0) is 25.1 Å². The van der Waals surface area contributed by atoms with E-state index < -0.39 is 6.10 Å². The van der Waals surface area contributed by atoms with E-state index in [0.29, 0.717) is 34.3 Å². The minimum Gasteiger partial charge on any atom is -0.496 e. The molecule has 0 aliphatic heterocycles. The van der Waals surface area contributed by atoms with Crippen molar-refractivity contribution in [2.24, 2.45) is 0 Å².